The lowest BCUT2D eigenvalue weighted by molar-refractivity contribution is 0.0694. The third-order valence-corrected chi connectivity index (χ3v) is 7.12. The van der Waals surface area contributed by atoms with Gasteiger partial charge in [-0.25, -0.2) is 13.6 Å². The Morgan fingerprint density at radius 3 is 2.65 bits per heavy atom. The van der Waals surface area contributed by atoms with E-state index in [-0.39, 0.29) is 23.0 Å². The highest BCUT2D eigenvalue weighted by Crippen LogP contribution is 2.45. The van der Waals surface area contributed by atoms with Gasteiger partial charge in [0.2, 0.25) is 5.43 Å². The van der Waals surface area contributed by atoms with Crippen LogP contribution in [-0.2, 0) is 0 Å². The number of carbonyl (C=O) groups is 1. The number of rotatable bonds is 5. The van der Waals surface area contributed by atoms with E-state index >= 15 is 4.39 Å². The first-order chi connectivity index (χ1) is 14.6. The average molecular weight is 432 g/mol. The Bertz CT molecular complexity index is 1170. The molecule has 3 atom stereocenters. The third kappa shape index (κ3) is 3.17. The molecule has 1 aromatic carbocycles. The van der Waals surface area contributed by atoms with E-state index in [1.54, 1.807) is 6.92 Å². The van der Waals surface area contributed by atoms with Crippen molar-refractivity contribution < 1.29 is 18.7 Å². The minimum absolute atomic E-state index is 0.0908. The van der Waals surface area contributed by atoms with Crippen molar-refractivity contribution in [3.8, 4) is 0 Å². The maximum atomic E-state index is 15.5. The number of halogens is 2. The quantitative estimate of drug-likeness (QED) is 0.626. The second-order valence-electron chi connectivity index (χ2n) is 9.50. The summed E-state index contributed by atoms with van der Waals surface area (Å²) in [5.41, 5.74) is 11.6. The number of nitrogen functional groups attached to an aromatic ring is 1. The standard InChI is InChI=1S/C22H26F2N4O3/c1-10-18-15(20(29)12(21(30)31)9-28(18)14-6-13(14)23)17(25)16(24)19(10)27-5-2-11(8-27)7-22(26)3-4-22/h9,11,13-14H,2-8,25-26H2,1H3,(H,30,31). The Balaban J connectivity index is 1.66. The maximum Gasteiger partial charge on any atom is 0.341 e. The molecule has 3 unspecified atom stereocenters. The van der Waals surface area contributed by atoms with Gasteiger partial charge in [0.15, 0.2) is 5.82 Å². The molecule has 2 aromatic rings. The lowest BCUT2D eigenvalue weighted by Gasteiger charge is -2.26. The Morgan fingerprint density at radius 2 is 2.06 bits per heavy atom. The summed E-state index contributed by atoms with van der Waals surface area (Å²) in [5.74, 6) is -1.83. The van der Waals surface area contributed by atoms with E-state index in [4.69, 9.17) is 11.5 Å². The van der Waals surface area contributed by atoms with Crippen LogP contribution in [0.25, 0.3) is 10.9 Å². The molecule has 31 heavy (non-hydrogen) atoms. The van der Waals surface area contributed by atoms with Gasteiger partial charge in [0.25, 0.3) is 0 Å². The zero-order chi connectivity index (χ0) is 22.2. The molecule has 0 bridgehead atoms. The van der Waals surface area contributed by atoms with Crippen molar-refractivity contribution in [1.29, 1.82) is 0 Å². The largest absolute Gasteiger partial charge is 0.477 e. The molecule has 0 amide bonds. The summed E-state index contributed by atoms with van der Waals surface area (Å²) in [6.07, 6.45) is 4.06. The van der Waals surface area contributed by atoms with Crippen molar-refractivity contribution >= 4 is 28.2 Å². The maximum absolute atomic E-state index is 15.5. The number of fused-ring (bicyclic) bond motifs is 1. The summed E-state index contributed by atoms with van der Waals surface area (Å²) in [4.78, 5) is 26.4. The van der Waals surface area contributed by atoms with Gasteiger partial charge in [-0.2, -0.15) is 0 Å². The smallest absolute Gasteiger partial charge is 0.341 e. The van der Waals surface area contributed by atoms with Crippen molar-refractivity contribution in [2.75, 3.05) is 23.7 Å². The van der Waals surface area contributed by atoms with E-state index in [2.05, 4.69) is 0 Å². The lowest BCUT2D eigenvalue weighted by atomic mass is 9.98. The molecule has 2 aliphatic carbocycles. The number of carboxylic acid groups (broad SMARTS) is 1. The van der Waals surface area contributed by atoms with Gasteiger partial charge in [-0.05, 0) is 44.1 Å². The number of hydrogen-bond acceptors (Lipinski definition) is 5. The van der Waals surface area contributed by atoms with E-state index in [9.17, 15) is 19.1 Å². The number of anilines is 2. The van der Waals surface area contributed by atoms with Crippen LogP contribution >= 0.6 is 0 Å². The van der Waals surface area contributed by atoms with Crippen LogP contribution in [0, 0.1) is 18.7 Å². The highest BCUT2D eigenvalue weighted by atomic mass is 19.1. The summed E-state index contributed by atoms with van der Waals surface area (Å²) < 4.78 is 30.9. The number of pyridine rings is 1. The zero-order valence-electron chi connectivity index (χ0n) is 17.3. The van der Waals surface area contributed by atoms with Gasteiger partial charge in [-0.3, -0.25) is 4.79 Å². The molecule has 1 aliphatic heterocycles. The predicted molar refractivity (Wildman–Crippen MR) is 114 cm³/mol. The molecule has 7 nitrogen and oxygen atoms in total. The van der Waals surface area contributed by atoms with Crippen LogP contribution in [0.1, 0.15) is 54.1 Å². The molecular weight excluding hydrogens is 406 g/mol. The molecule has 166 valence electrons. The predicted octanol–water partition coefficient (Wildman–Crippen LogP) is 2.72. The van der Waals surface area contributed by atoms with E-state index in [1.807, 2.05) is 4.90 Å². The van der Waals surface area contributed by atoms with Crippen molar-refractivity contribution in [2.45, 2.75) is 56.8 Å². The molecule has 1 saturated heterocycles. The van der Waals surface area contributed by atoms with Crippen LogP contribution < -0.4 is 21.8 Å². The van der Waals surface area contributed by atoms with Crippen LogP contribution in [0.4, 0.5) is 20.2 Å². The van der Waals surface area contributed by atoms with Crippen LogP contribution in [0.3, 0.4) is 0 Å². The molecule has 2 heterocycles. The van der Waals surface area contributed by atoms with Gasteiger partial charge in [0.1, 0.15) is 11.7 Å². The van der Waals surface area contributed by atoms with Gasteiger partial charge < -0.3 is 26.0 Å². The number of carboxylic acids is 1. The molecule has 2 saturated carbocycles. The summed E-state index contributed by atoms with van der Waals surface area (Å²) in [6.45, 7) is 2.95. The Kier molecular flexibility index (Phi) is 4.35. The number of benzene rings is 1. The number of hydrogen-bond donors (Lipinski definition) is 3. The number of aromatic nitrogens is 1. The number of alkyl halides is 1. The highest BCUT2D eigenvalue weighted by molar-refractivity contribution is 6.01. The Morgan fingerprint density at radius 1 is 1.39 bits per heavy atom. The summed E-state index contributed by atoms with van der Waals surface area (Å²) in [6, 6.07) is -0.587. The van der Waals surface area contributed by atoms with Crippen LogP contribution in [0.15, 0.2) is 11.0 Å². The minimum atomic E-state index is -1.45. The van der Waals surface area contributed by atoms with E-state index < -0.39 is 35.0 Å². The first kappa shape index (κ1) is 20.2. The molecule has 5 N–H and O–H groups in total. The SMILES string of the molecule is Cc1c(N2CCC(CC3(N)CC3)C2)c(F)c(N)c2c(=O)c(C(=O)O)cn(C3CC3F)c12. The minimum Gasteiger partial charge on any atom is -0.477 e. The van der Waals surface area contributed by atoms with Crippen molar-refractivity contribution in [1.82, 2.24) is 4.57 Å². The van der Waals surface area contributed by atoms with Gasteiger partial charge >= 0.3 is 5.97 Å². The van der Waals surface area contributed by atoms with Crippen molar-refractivity contribution in [2.24, 2.45) is 11.7 Å². The topological polar surface area (TPSA) is 115 Å². The second-order valence-corrected chi connectivity index (χ2v) is 9.50. The fraction of sp³-hybridized carbons (Fsp3) is 0.545. The van der Waals surface area contributed by atoms with Crippen LogP contribution in [0.2, 0.25) is 0 Å². The molecule has 1 aromatic heterocycles. The number of aryl methyl sites for hydroxylation is 1. The highest BCUT2D eigenvalue weighted by Gasteiger charge is 2.43. The number of nitrogens with two attached hydrogens (primary N) is 2. The van der Waals surface area contributed by atoms with Gasteiger partial charge in [0, 0.05) is 31.2 Å². The second kappa shape index (κ2) is 6.66. The van der Waals surface area contributed by atoms with Crippen molar-refractivity contribution in [3.63, 3.8) is 0 Å². The molecule has 5 rings (SSSR count). The summed E-state index contributed by atoms with van der Waals surface area (Å²) in [5, 5.41) is 9.25. The molecular formula is C22H26F2N4O3. The summed E-state index contributed by atoms with van der Waals surface area (Å²) in [7, 11) is 0. The van der Waals surface area contributed by atoms with Gasteiger partial charge in [-0.15, -0.1) is 0 Å². The fourth-order valence-corrected chi connectivity index (χ4v) is 5.15. The van der Waals surface area contributed by atoms with Crippen LogP contribution in [-0.4, -0.2) is 40.4 Å². The number of aromatic carboxylic acids is 1. The molecule has 3 aliphatic rings. The first-order valence-electron chi connectivity index (χ1n) is 10.7. The lowest BCUT2D eigenvalue weighted by Crippen LogP contribution is -2.28. The fourth-order valence-electron chi connectivity index (χ4n) is 5.15. The molecule has 0 spiro atoms. The van der Waals surface area contributed by atoms with Crippen molar-refractivity contribution in [3.05, 3.63) is 33.4 Å². The van der Waals surface area contributed by atoms with Gasteiger partial charge in [-0.1, -0.05) is 0 Å². The molecule has 9 heteroatoms. The number of nitrogens with zero attached hydrogens (tertiary/aromatic N) is 2. The third-order valence-electron chi connectivity index (χ3n) is 7.12. The van der Waals surface area contributed by atoms with Crippen LogP contribution in [0.5, 0.6) is 0 Å². The Hall–Kier alpha value is -2.68. The molecule has 3 fully saturated rings. The Labute approximate surface area is 177 Å². The zero-order valence-corrected chi connectivity index (χ0v) is 17.3. The van der Waals surface area contributed by atoms with E-state index in [0.717, 1.165) is 25.7 Å². The monoisotopic (exact) mass is 432 g/mol. The van der Waals surface area contributed by atoms with E-state index in [1.165, 1.54) is 10.8 Å². The average Bonchev–Trinajstić information content (AvgIpc) is 3.57. The normalized spacial score (nSPS) is 26.5. The van der Waals surface area contributed by atoms with Gasteiger partial charge in [0.05, 0.1) is 28.3 Å². The van der Waals surface area contributed by atoms with E-state index in [0.29, 0.717) is 35.8 Å². The molecule has 0 radical (unpaired) electrons. The summed E-state index contributed by atoms with van der Waals surface area (Å²) >= 11 is 0. The first-order valence-corrected chi connectivity index (χ1v) is 10.7.